The van der Waals surface area contributed by atoms with Crippen LogP contribution in [0.5, 0.6) is 0 Å². The average molecular weight is 996 g/mol. The highest BCUT2D eigenvalue weighted by molar-refractivity contribution is 7.87. The molecule has 1 aliphatic carbocycles. The average Bonchev–Trinajstić information content (AvgIpc) is 3.22. The van der Waals surface area contributed by atoms with Gasteiger partial charge in [-0.15, -0.1) is 0 Å². The minimum Gasteiger partial charge on any atom is -0.354 e. The van der Waals surface area contributed by atoms with E-state index in [1.807, 2.05) is 0 Å². The summed E-state index contributed by atoms with van der Waals surface area (Å²) >= 11 is 6.13. The largest absolute Gasteiger partial charge is 0.354 e. The van der Waals surface area contributed by atoms with E-state index in [0.29, 0.717) is 6.07 Å². The van der Waals surface area contributed by atoms with Crippen LogP contribution in [0.4, 0.5) is 34.6 Å². The lowest BCUT2D eigenvalue weighted by Gasteiger charge is -2.26. The first-order valence-electron chi connectivity index (χ1n) is 18.2. The van der Waals surface area contributed by atoms with Gasteiger partial charge in [-0.2, -0.15) is 48.6 Å². The van der Waals surface area contributed by atoms with Gasteiger partial charge in [-0.25, -0.2) is 0 Å². The minimum absolute atomic E-state index is 0.0196. The molecule has 8 rings (SSSR count). The molecule has 0 saturated heterocycles. The number of carbonyl (C=O) groups excluding carboxylic acids is 2. The molecule has 0 saturated carbocycles. The summed E-state index contributed by atoms with van der Waals surface area (Å²) in [7, 11) is -18.8. The van der Waals surface area contributed by atoms with Gasteiger partial charge >= 0.3 is 0 Å². The molecule has 0 atom stereocenters. The molecule has 7 N–H and O–H groups in total. The highest BCUT2D eigenvalue weighted by atomic mass is 35.5. The zero-order valence-corrected chi connectivity index (χ0v) is 36.8. The van der Waals surface area contributed by atoms with E-state index in [1.165, 1.54) is 67.7 Å². The molecule has 2 aromatic heterocycles. The maximum absolute atomic E-state index is 14.6. The summed E-state index contributed by atoms with van der Waals surface area (Å²) in [5.41, 5.74) is -3.20. The second-order valence-corrected chi connectivity index (χ2v) is 20.1. The number of carbonyl (C=O) groups is 2. The van der Waals surface area contributed by atoms with Crippen molar-refractivity contribution in [3.63, 3.8) is 0 Å². The van der Waals surface area contributed by atoms with Crippen molar-refractivity contribution in [3.05, 3.63) is 135 Å². The molecule has 66 heavy (non-hydrogen) atoms. The molecule has 0 bridgehead atoms. The molecule has 0 unspecified atom stereocenters. The van der Waals surface area contributed by atoms with E-state index in [1.54, 1.807) is 0 Å². The van der Waals surface area contributed by atoms with Crippen LogP contribution in [0.25, 0.3) is 22.0 Å². The fourth-order valence-corrected chi connectivity index (χ4v) is 9.73. The molecule has 7 aromatic rings. The number of aryl methyl sites for hydroxylation is 1. The third kappa shape index (κ3) is 8.50. The predicted octanol–water partition coefficient (Wildman–Crippen LogP) is 5.04. The molecule has 2 heterocycles. The van der Waals surface area contributed by atoms with E-state index in [-0.39, 0.29) is 56.0 Å². The number of benzene rings is 5. The number of fused-ring (bicyclic) bond motifs is 2. The van der Waals surface area contributed by atoms with Crippen LogP contribution in [-0.2, 0) is 47.5 Å². The molecule has 27 heteroatoms. The van der Waals surface area contributed by atoms with Crippen molar-refractivity contribution in [2.75, 3.05) is 16.0 Å². The standard InChI is InChI=1S/C39H26ClN7O15S4/c1-47-27-14-13-24(31-32(27)30(22-7-2-3-8-23(22)35(31)49)33(36(47)50)34(48)18-5-4-6-21(15-18)64(54,55)56)42-25-16-26(29(66(60,61)62)17-28(25)65(57,58)59)43-39-45-37(40)44-38(46-39)41-19-9-11-20(12-10-19)63(51,52)53/h2-17,42H,1H3,(H,51,52,53)(H,54,55,56)(H,57,58,59)(H,60,61,62)(H2,41,43,44,45,46). The van der Waals surface area contributed by atoms with Crippen molar-refractivity contribution in [1.29, 1.82) is 0 Å². The van der Waals surface area contributed by atoms with E-state index >= 15 is 0 Å². The lowest BCUT2D eigenvalue weighted by Crippen LogP contribution is -2.29. The van der Waals surface area contributed by atoms with Gasteiger partial charge in [0.1, 0.15) is 9.79 Å². The topological polar surface area (TPSA) is 348 Å². The number of halogens is 1. The van der Waals surface area contributed by atoms with Crippen molar-refractivity contribution in [3.8, 4) is 11.1 Å². The first kappa shape index (κ1) is 45.6. The minimum atomic E-state index is -5.41. The summed E-state index contributed by atoms with van der Waals surface area (Å²) in [4.78, 5) is 51.5. The zero-order valence-electron chi connectivity index (χ0n) is 32.8. The number of nitrogens with one attached hydrogen (secondary N) is 3. The quantitative estimate of drug-likeness (QED) is 0.0623. The Labute approximate surface area is 377 Å². The number of hydrogen-bond acceptors (Lipinski definition) is 17. The number of nitrogens with zero attached hydrogens (tertiary/aromatic N) is 4. The Morgan fingerprint density at radius 2 is 1.18 bits per heavy atom. The number of ketones is 2. The molecule has 0 spiro atoms. The molecule has 338 valence electrons. The van der Waals surface area contributed by atoms with E-state index in [4.69, 9.17) is 11.6 Å². The normalized spacial score (nSPS) is 12.7. The second-order valence-electron chi connectivity index (χ2n) is 14.1. The number of rotatable bonds is 12. The highest BCUT2D eigenvalue weighted by Crippen LogP contribution is 2.45. The molecule has 0 amide bonds. The number of aromatic nitrogens is 4. The Morgan fingerprint density at radius 1 is 0.591 bits per heavy atom. The SMILES string of the molecule is Cn1c(=O)c(C(=O)c2cccc(S(=O)(=O)O)c2)c2c3c(c(Nc4cc(Nc5nc(Cl)nc(Nc6ccc(S(=O)(=O)O)cc6)n5)c(S(=O)(=O)O)cc4S(=O)(=O)O)ccc31)C(=O)c1ccccc1-2. The molecule has 22 nitrogen and oxygen atoms in total. The first-order chi connectivity index (χ1) is 30.8. The van der Waals surface area contributed by atoms with E-state index in [9.17, 15) is 66.3 Å². The molecule has 0 fully saturated rings. The van der Waals surface area contributed by atoms with Crippen molar-refractivity contribution in [2.24, 2.45) is 7.05 Å². The number of hydrogen-bond donors (Lipinski definition) is 7. The number of anilines is 6. The van der Waals surface area contributed by atoms with Gasteiger partial charge in [0.05, 0.1) is 43.5 Å². The zero-order chi connectivity index (χ0) is 47.8. The second kappa shape index (κ2) is 16.2. The van der Waals surface area contributed by atoms with Crippen molar-refractivity contribution < 1.29 is 61.5 Å². The van der Waals surface area contributed by atoms with Crippen molar-refractivity contribution in [1.82, 2.24) is 19.5 Å². The van der Waals surface area contributed by atoms with Gasteiger partial charge in [0, 0.05) is 34.8 Å². The third-order valence-electron chi connectivity index (χ3n) is 10.0. The fourth-order valence-electron chi connectivity index (χ4n) is 7.18. The summed E-state index contributed by atoms with van der Waals surface area (Å²) < 4.78 is 139. The van der Waals surface area contributed by atoms with E-state index in [0.717, 1.165) is 34.9 Å². The molecular formula is C39H26ClN7O15S4. The molecule has 0 aliphatic heterocycles. The Kier molecular flexibility index (Phi) is 11.1. The van der Waals surface area contributed by atoms with Crippen LogP contribution >= 0.6 is 11.6 Å². The smallest absolute Gasteiger partial charge is 0.296 e. The van der Waals surface area contributed by atoms with E-state index in [2.05, 4.69) is 30.9 Å². The summed E-state index contributed by atoms with van der Waals surface area (Å²) in [6.45, 7) is 0. The van der Waals surface area contributed by atoms with Gasteiger partial charge in [-0.1, -0.05) is 36.4 Å². The van der Waals surface area contributed by atoms with Gasteiger partial charge < -0.3 is 20.5 Å². The number of pyridine rings is 1. The Hall–Kier alpha value is -7.01. The molecule has 1 aliphatic rings. The van der Waals surface area contributed by atoms with Crippen LogP contribution in [0.1, 0.15) is 31.8 Å². The Balaban J connectivity index is 1.30. The van der Waals surface area contributed by atoms with Crippen molar-refractivity contribution >= 4 is 109 Å². The summed E-state index contributed by atoms with van der Waals surface area (Å²) in [6.07, 6.45) is 0. The molecular weight excluding hydrogens is 970 g/mol. The maximum atomic E-state index is 14.6. The Bertz CT molecular complexity index is 3830. The summed E-state index contributed by atoms with van der Waals surface area (Å²) in [6, 6.07) is 18.5. The third-order valence-corrected chi connectivity index (χ3v) is 13.7. The first-order valence-corrected chi connectivity index (χ1v) is 24.3. The van der Waals surface area contributed by atoms with Crippen molar-refractivity contribution in [2.45, 2.75) is 19.6 Å². The van der Waals surface area contributed by atoms with Gasteiger partial charge in [-0.3, -0.25) is 32.6 Å². The van der Waals surface area contributed by atoms with Gasteiger partial charge in [0.15, 0.2) is 11.6 Å². The van der Waals surface area contributed by atoms with Gasteiger partial charge in [0.25, 0.3) is 46.0 Å². The van der Waals surface area contributed by atoms with Gasteiger partial charge in [-0.05, 0) is 77.8 Å². The van der Waals surface area contributed by atoms with Crippen LogP contribution < -0.4 is 21.5 Å². The van der Waals surface area contributed by atoms with Crippen LogP contribution in [0, 0.1) is 0 Å². The maximum Gasteiger partial charge on any atom is 0.296 e. The van der Waals surface area contributed by atoms with Crippen LogP contribution in [0.3, 0.4) is 0 Å². The monoisotopic (exact) mass is 995 g/mol. The lowest BCUT2D eigenvalue weighted by molar-refractivity contribution is 0.102. The van der Waals surface area contributed by atoms with E-state index < -0.39 is 105 Å². The van der Waals surface area contributed by atoms with Gasteiger partial charge in [0.2, 0.25) is 17.2 Å². The summed E-state index contributed by atoms with van der Waals surface area (Å²) in [5.74, 6) is -2.56. The van der Waals surface area contributed by atoms with Crippen LogP contribution in [0.15, 0.2) is 121 Å². The van der Waals surface area contributed by atoms with Crippen LogP contribution in [-0.4, -0.2) is 83.0 Å². The molecule has 0 radical (unpaired) electrons. The lowest BCUT2D eigenvalue weighted by atomic mass is 9.80. The predicted molar refractivity (Wildman–Crippen MR) is 235 cm³/mol. The highest BCUT2D eigenvalue weighted by Gasteiger charge is 2.35. The Morgan fingerprint density at radius 3 is 1.79 bits per heavy atom. The summed E-state index contributed by atoms with van der Waals surface area (Å²) in [5, 5.41) is 7.39. The molecule has 5 aromatic carbocycles. The fraction of sp³-hybridized carbons (Fsp3) is 0.0256. The van der Waals surface area contributed by atoms with Crippen LogP contribution in [0.2, 0.25) is 5.28 Å².